The van der Waals surface area contributed by atoms with E-state index in [1.807, 2.05) is 53.6 Å². The third-order valence-electron chi connectivity index (χ3n) is 9.00. The van der Waals surface area contributed by atoms with Crippen LogP contribution in [0, 0.1) is 12.7 Å². The second-order valence-corrected chi connectivity index (χ2v) is 13.2. The van der Waals surface area contributed by atoms with Crippen molar-refractivity contribution in [1.82, 2.24) is 29.5 Å². The van der Waals surface area contributed by atoms with Crippen molar-refractivity contribution in [3.63, 3.8) is 0 Å². The minimum Gasteiger partial charge on any atom is -0.339 e. The van der Waals surface area contributed by atoms with Crippen molar-refractivity contribution in [2.45, 2.75) is 43.3 Å². The molecular weight excluding hydrogens is 608 g/mol. The lowest BCUT2D eigenvalue weighted by molar-refractivity contribution is -0.132. The van der Waals surface area contributed by atoms with Crippen LogP contribution in [0.15, 0.2) is 108 Å². The lowest BCUT2D eigenvalue weighted by atomic mass is 9.96. The molecule has 0 N–H and O–H groups in total. The molecule has 1 unspecified atom stereocenters. The maximum absolute atomic E-state index is 14.7. The molecule has 0 aliphatic carbocycles. The Labute approximate surface area is 278 Å². The van der Waals surface area contributed by atoms with Gasteiger partial charge in [-0.25, -0.2) is 9.37 Å². The van der Waals surface area contributed by atoms with Gasteiger partial charge in [0.05, 0.1) is 23.4 Å². The Morgan fingerprint density at radius 3 is 2.17 bits per heavy atom. The van der Waals surface area contributed by atoms with Gasteiger partial charge in [0.1, 0.15) is 11.3 Å². The van der Waals surface area contributed by atoms with Crippen LogP contribution in [-0.4, -0.2) is 66.9 Å². The summed E-state index contributed by atoms with van der Waals surface area (Å²) in [6, 6.07) is 34.2. The summed E-state index contributed by atoms with van der Waals surface area (Å²) in [5.41, 5.74) is 6.40. The Bertz CT molecular complexity index is 1970. The van der Waals surface area contributed by atoms with Crippen LogP contribution in [-0.2, 0) is 11.3 Å². The average molecular weight is 645 g/mol. The first-order valence-electron chi connectivity index (χ1n) is 16.2. The highest BCUT2D eigenvalue weighted by atomic mass is 32.2. The molecule has 1 aliphatic heterocycles. The molecule has 1 amide bonds. The summed E-state index contributed by atoms with van der Waals surface area (Å²) in [6.07, 6.45) is 0.638. The van der Waals surface area contributed by atoms with E-state index in [1.165, 1.54) is 29.0 Å². The van der Waals surface area contributed by atoms with Crippen molar-refractivity contribution in [3.05, 3.63) is 131 Å². The first kappa shape index (κ1) is 31.0. The Balaban J connectivity index is 1.11. The second-order valence-electron chi connectivity index (χ2n) is 12.1. The van der Waals surface area contributed by atoms with E-state index >= 15 is 0 Å². The summed E-state index contributed by atoms with van der Waals surface area (Å²) in [5.74, 6) is -0.166. The van der Waals surface area contributed by atoms with E-state index in [9.17, 15) is 9.18 Å². The molecule has 4 aromatic carbocycles. The van der Waals surface area contributed by atoms with E-state index < -0.39 is 0 Å². The standard InChI is InChI=1S/C38H37FN6OS/c1-3-33(37(46)44-22-20-43(21-23-44)35(27-12-6-4-7-13-27)28-14-8-5-9-15-28)47-38-40-36-34(41-42-38)30-24-26(2)18-19-32(30)45(36)25-29-16-10-11-17-31(29)39/h4-19,24,33,35H,3,20-23,25H2,1-2H3. The van der Waals surface area contributed by atoms with Gasteiger partial charge in [-0.05, 0) is 42.7 Å². The highest BCUT2D eigenvalue weighted by Gasteiger charge is 2.31. The SMILES string of the molecule is CCC(Sc1nnc2c3cc(C)ccc3n(Cc3ccccc3F)c2n1)C(=O)N1CCN(C(c2ccccc2)c2ccccc2)CC1. The molecule has 1 aliphatic rings. The number of amides is 1. The third kappa shape index (κ3) is 6.38. The fraction of sp³-hybridized carbons (Fsp3) is 0.263. The summed E-state index contributed by atoms with van der Waals surface area (Å²) in [6.45, 7) is 7.23. The Morgan fingerprint density at radius 1 is 0.851 bits per heavy atom. The van der Waals surface area contributed by atoms with Crippen LogP contribution in [0.25, 0.3) is 22.1 Å². The largest absolute Gasteiger partial charge is 0.339 e. The molecule has 9 heteroatoms. The van der Waals surface area contributed by atoms with Gasteiger partial charge < -0.3 is 9.47 Å². The molecule has 0 saturated carbocycles. The first-order valence-corrected chi connectivity index (χ1v) is 17.0. The number of benzene rings is 4. The van der Waals surface area contributed by atoms with Crippen molar-refractivity contribution in [3.8, 4) is 0 Å². The molecule has 2 aromatic heterocycles. The minimum atomic E-state index is -0.341. The molecule has 1 fully saturated rings. The molecule has 7 rings (SSSR count). The lowest BCUT2D eigenvalue weighted by Gasteiger charge is -2.40. The van der Waals surface area contributed by atoms with Gasteiger partial charge >= 0.3 is 0 Å². The van der Waals surface area contributed by atoms with Crippen LogP contribution >= 0.6 is 11.8 Å². The number of piperazine rings is 1. The molecule has 1 saturated heterocycles. The van der Waals surface area contributed by atoms with Crippen molar-refractivity contribution in [2.75, 3.05) is 26.2 Å². The molecule has 0 spiro atoms. The van der Waals surface area contributed by atoms with Gasteiger partial charge in [0.2, 0.25) is 11.1 Å². The number of rotatable bonds is 9. The number of fused-ring (bicyclic) bond motifs is 3. The zero-order valence-electron chi connectivity index (χ0n) is 26.6. The van der Waals surface area contributed by atoms with E-state index in [4.69, 9.17) is 4.98 Å². The van der Waals surface area contributed by atoms with Crippen molar-refractivity contribution >= 4 is 39.7 Å². The molecule has 6 aromatic rings. The van der Waals surface area contributed by atoms with E-state index in [-0.39, 0.29) is 23.0 Å². The fourth-order valence-electron chi connectivity index (χ4n) is 6.59. The maximum Gasteiger partial charge on any atom is 0.236 e. The number of halogens is 1. The van der Waals surface area contributed by atoms with Gasteiger partial charge in [-0.2, -0.15) is 0 Å². The van der Waals surface area contributed by atoms with E-state index in [0.29, 0.717) is 47.9 Å². The van der Waals surface area contributed by atoms with Gasteiger partial charge in [0, 0.05) is 37.1 Å². The summed E-state index contributed by atoms with van der Waals surface area (Å²) < 4.78 is 16.7. The molecule has 1 atom stereocenters. The Morgan fingerprint density at radius 2 is 1.51 bits per heavy atom. The third-order valence-corrected chi connectivity index (χ3v) is 10.2. The summed E-state index contributed by atoms with van der Waals surface area (Å²) in [5, 5.41) is 10.1. The van der Waals surface area contributed by atoms with Gasteiger partial charge in [0.25, 0.3) is 0 Å². The van der Waals surface area contributed by atoms with Crippen LogP contribution in [0.4, 0.5) is 4.39 Å². The number of thioether (sulfide) groups is 1. The van der Waals surface area contributed by atoms with Crippen LogP contribution in [0.3, 0.4) is 0 Å². The number of aryl methyl sites for hydroxylation is 1. The molecule has 238 valence electrons. The number of hydrogen-bond acceptors (Lipinski definition) is 6. The zero-order chi connectivity index (χ0) is 32.3. The van der Waals surface area contributed by atoms with Gasteiger partial charge in [0.15, 0.2) is 5.65 Å². The van der Waals surface area contributed by atoms with E-state index in [2.05, 4.69) is 69.7 Å². The van der Waals surface area contributed by atoms with Crippen molar-refractivity contribution in [2.24, 2.45) is 0 Å². The highest BCUT2D eigenvalue weighted by Crippen LogP contribution is 2.33. The number of aromatic nitrogens is 4. The predicted octanol–water partition coefficient (Wildman–Crippen LogP) is 7.28. The normalized spacial score (nSPS) is 14.7. The number of hydrogen-bond donors (Lipinski definition) is 0. The Hall–Kier alpha value is -4.60. The van der Waals surface area contributed by atoms with Crippen LogP contribution in [0.1, 0.15) is 41.6 Å². The van der Waals surface area contributed by atoms with Crippen LogP contribution in [0.5, 0.6) is 0 Å². The predicted molar refractivity (Wildman–Crippen MR) is 186 cm³/mol. The highest BCUT2D eigenvalue weighted by molar-refractivity contribution is 8.00. The summed E-state index contributed by atoms with van der Waals surface area (Å²) >= 11 is 1.36. The molecule has 3 heterocycles. The van der Waals surface area contributed by atoms with Gasteiger partial charge in [-0.15, -0.1) is 10.2 Å². The number of nitrogens with zero attached hydrogens (tertiary/aromatic N) is 6. The van der Waals surface area contributed by atoms with Gasteiger partial charge in [-0.3, -0.25) is 9.69 Å². The zero-order valence-corrected chi connectivity index (χ0v) is 27.4. The molecular formula is C38H37FN6OS. The smallest absolute Gasteiger partial charge is 0.236 e. The van der Waals surface area contributed by atoms with Gasteiger partial charge in [-0.1, -0.05) is 109 Å². The maximum atomic E-state index is 14.7. The quantitative estimate of drug-likeness (QED) is 0.154. The van der Waals surface area contributed by atoms with Crippen molar-refractivity contribution < 1.29 is 9.18 Å². The van der Waals surface area contributed by atoms with E-state index in [0.717, 1.165) is 29.6 Å². The molecule has 0 bridgehead atoms. The second kappa shape index (κ2) is 13.6. The first-order chi connectivity index (χ1) is 23.0. The minimum absolute atomic E-state index is 0.0966. The number of carbonyl (C=O) groups excluding carboxylic acids is 1. The average Bonchev–Trinajstić information content (AvgIpc) is 3.40. The summed E-state index contributed by atoms with van der Waals surface area (Å²) in [4.78, 5) is 23.3. The van der Waals surface area contributed by atoms with E-state index in [1.54, 1.807) is 12.1 Å². The molecule has 0 radical (unpaired) electrons. The van der Waals surface area contributed by atoms with Crippen molar-refractivity contribution in [1.29, 1.82) is 0 Å². The topological polar surface area (TPSA) is 67.2 Å². The van der Waals surface area contributed by atoms with Crippen LogP contribution in [0.2, 0.25) is 0 Å². The fourth-order valence-corrected chi connectivity index (χ4v) is 7.48. The number of carbonyl (C=O) groups is 1. The lowest BCUT2D eigenvalue weighted by Crippen LogP contribution is -2.51. The molecule has 47 heavy (non-hydrogen) atoms. The van der Waals surface area contributed by atoms with Crippen LogP contribution < -0.4 is 0 Å². The summed E-state index contributed by atoms with van der Waals surface area (Å²) in [7, 11) is 0. The monoisotopic (exact) mass is 644 g/mol. The Kier molecular flexibility index (Phi) is 9.00. The molecule has 7 nitrogen and oxygen atoms in total.